The third-order valence-corrected chi connectivity index (χ3v) is 2.35. The van der Waals surface area contributed by atoms with Crippen LogP contribution in [0, 0.1) is 0 Å². The van der Waals surface area contributed by atoms with Gasteiger partial charge in [-0.25, -0.2) is 0 Å². The lowest BCUT2D eigenvalue weighted by Gasteiger charge is -1.98. The average Bonchev–Trinajstić information content (AvgIpc) is 2.74. The maximum absolute atomic E-state index is 9.00. The number of hydrogen-bond acceptors (Lipinski definition) is 4. The second-order valence-corrected chi connectivity index (χ2v) is 3.42. The van der Waals surface area contributed by atoms with Crippen molar-refractivity contribution in [2.75, 3.05) is 6.61 Å². The Kier molecular flexibility index (Phi) is 3.26. The van der Waals surface area contributed by atoms with Crippen LogP contribution in [0.5, 0.6) is 0 Å². The van der Waals surface area contributed by atoms with Gasteiger partial charge in [0.1, 0.15) is 11.4 Å². The van der Waals surface area contributed by atoms with Gasteiger partial charge < -0.3 is 5.11 Å². The van der Waals surface area contributed by atoms with Crippen LogP contribution >= 0.6 is 0 Å². The van der Waals surface area contributed by atoms with Crippen LogP contribution in [0.3, 0.4) is 0 Å². The van der Waals surface area contributed by atoms with E-state index < -0.39 is 0 Å². The molecule has 0 unspecified atom stereocenters. The molecule has 1 N–H and O–H groups in total. The third-order valence-electron chi connectivity index (χ3n) is 2.35. The molecule has 2 rings (SSSR count). The lowest BCUT2D eigenvalue weighted by Crippen LogP contribution is -1.94. The van der Waals surface area contributed by atoms with Crippen LogP contribution in [0.4, 0.5) is 0 Å². The zero-order valence-corrected chi connectivity index (χ0v) is 9.17. The number of aliphatic hydroxyl groups is 1. The second kappa shape index (κ2) is 4.85. The fourth-order valence-electron chi connectivity index (χ4n) is 1.57. The van der Waals surface area contributed by atoms with Crippen LogP contribution < -0.4 is 0 Å². The van der Waals surface area contributed by atoms with Gasteiger partial charge in [0.2, 0.25) is 0 Å². The van der Waals surface area contributed by atoms with Crippen LogP contribution in [-0.2, 0) is 13.0 Å². The summed E-state index contributed by atoms with van der Waals surface area (Å²) in [6.45, 7) is 2.94. The number of aliphatic hydroxyl groups excluding tert-OH is 1. The lowest BCUT2D eigenvalue weighted by molar-refractivity contribution is 0.299. The molecule has 0 aliphatic heterocycles. The molecular weight excluding hydrogens is 204 g/mol. The van der Waals surface area contributed by atoms with Crippen LogP contribution in [0.2, 0.25) is 0 Å². The fraction of sp³-hybridized carbons (Fsp3) is 0.364. The monoisotopic (exact) mass is 218 g/mol. The summed E-state index contributed by atoms with van der Waals surface area (Å²) in [5, 5.41) is 13.4. The molecular formula is C11H14N4O. The predicted molar refractivity (Wildman–Crippen MR) is 59.7 cm³/mol. The van der Waals surface area contributed by atoms with E-state index in [-0.39, 0.29) is 6.61 Å². The molecule has 2 aromatic rings. The lowest BCUT2D eigenvalue weighted by atomic mass is 10.1. The molecule has 0 aliphatic carbocycles. The van der Waals surface area contributed by atoms with Crippen molar-refractivity contribution in [3.63, 3.8) is 0 Å². The quantitative estimate of drug-likeness (QED) is 0.828. The minimum atomic E-state index is 0.114. The van der Waals surface area contributed by atoms with E-state index in [1.165, 1.54) is 0 Å². The molecule has 0 saturated heterocycles. The normalized spacial score (nSPS) is 10.6. The highest BCUT2D eigenvalue weighted by Crippen LogP contribution is 2.19. The maximum atomic E-state index is 9.00. The molecule has 0 aliphatic rings. The number of hydrogen-bond donors (Lipinski definition) is 1. The van der Waals surface area contributed by atoms with E-state index in [2.05, 4.69) is 15.1 Å². The molecule has 0 bridgehead atoms. The van der Waals surface area contributed by atoms with Crippen molar-refractivity contribution in [1.29, 1.82) is 0 Å². The Morgan fingerprint density at radius 2 is 2.25 bits per heavy atom. The van der Waals surface area contributed by atoms with E-state index in [0.29, 0.717) is 6.42 Å². The van der Waals surface area contributed by atoms with Crippen LogP contribution in [0.1, 0.15) is 12.5 Å². The topological polar surface area (TPSA) is 63.8 Å². The molecule has 5 heteroatoms. The smallest absolute Gasteiger partial charge is 0.116 e. The first kappa shape index (κ1) is 10.8. The standard InChI is InChI=1S/C11H14N4O/c1-2-15-8-9(3-6-16)11(14-15)10-7-12-4-5-13-10/h4-5,7-8,16H,2-3,6H2,1H3. The Bertz CT molecular complexity index is 452. The van der Waals surface area contributed by atoms with Crippen molar-refractivity contribution < 1.29 is 5.11 Å². The summed E-state index contributed by atoms with van der Waals surface area (Å²) >= 11 is 0. The van der Waals surface area contributed by atoms with Gasteiger partial charge in [-0.1, -0.05) is 0 Å². The number of aromatic nitrogens is 4. The van der Waals surface area contributed by atoms with Gasteiger partial charge >= 0.3 is 0 Å². The van der Waals surface area contributed by atoms with Crippen molar-refractivity contribution in [2.24, 2.45) is 0 Å². The fourth-order valence-corrected chi connectivity index (χ4v) is 1.57. The molecule has 0 amide bonds. The van der Waals surface area contributed by atoms with Gasteiger partial charge in [0.15, 0.2) is 0 Å². The molecule has 2 heterocycles. The third kappa shape index (κ3) is 2.09. The van der Waals surface area contributed by atoms with Gasteiger partial charge in [0.25, 0.3) is 0 Å². The van der Waals surface area contributed by atoms with Crippen molar-refractivity contribution in [3.05, 3.63) is 30.4 Å². The van der Waals surface area contributed by atoms with Gasteiger partial charge in [-0.2, -0.15) is 5.10 Å². The van der Waals surface area contributed by atoms with E-state index in [0.717, 1.165) is 23.5 Å². The van der Waals surface area contributed by atoms with Crippen molar-refractivity contribution >= 4 is 0 Å². The molecule has 0 saturated carbocycles. The van der Waals surface area contributed by atoms with Crippen LogP contribution in [0.15, 0.2) is 24.8 Å². The maximum Gasteiger partial charge on any atom is 0.116 e. The van der Waals surface area contributed by atoms with Gasteiger partial charge in [-0.3, -0.25) is 14.6 Å². The predicted octanol–water partition coefficient (Wildman–Crippen LogP) is 0.895. The van der Waals surface area contributed by atoms with Crippen molar-refractivity contribution in [3.8, 4) is 11.4 Å². The number of aryl methyl sites for hydroxylation is 1. The highest BCUT2D eigenvalue weighted by Gasteiger charge is 2.11. The summed E-state index contributed by atoms with van der Waals surface area (Å²) in [5.41, 5.74) is 2.56. The van der Waals surface area contributed by atoms with E-state index in [9.17, 15) is 0 Å². The molecule has 2 aromatic heterocycles. The van der Waals surface area contributed by atoms with Crippen LogP contribution in [0.25, 0.3) is 11.4 Å². The van der Waals surface area contributed by atoms with Crippen LogP contribution in [-0.4, -0.2) is 31.5 Å². The molecule has 0 spiro atoms. The molecule has 0 atom stereocenters. The Balaban J connectivity index is 2.42. The molecule has 0 radical (unpaired) electrons. The van der Waals surface area contributed by atoms with Crippen molar-refractivity contribution in [1.82, 2.24) is 19.7 Å². The summed E-state index contributed by atoms with van der Waals surface area (Å²) in [7, 11) is 0. The Morgan fingerprint density at radius 3 is 2.88 bits per heavy atom. The Morgan fingerprint density at radius 1 is 1.38 bits per heavy atom. The second-order valence-electron chi connectivity index (χ2n) is 3.42. The summed E-state index contributed by atoms with van der Waals surface area (Å²) in [6, 6.07) is 0. The minimum absolute atomic E-state index is 0.114. The zero-order chi connectivity index (χ0) is 11.4. The summed E-state index contributed by atoms with van der Waals surface area (Å²) in [5.74, 6) is 0. The first-order valence-corrected chi connectivity index (χ1v) is 5.28. The number of nitrogens with zero attached hydrogens (tertiary/aromatic N) is 4. The average molecular weight is 218 g/mol. The molecule has 16 heavy (non-hydrogen) atoms. The molecule has 0 aromatic carbocycles. The SMILES string of the molecule is CCn1cc(CCO)c(-c2cnccn2)n1. The van der Waals surface area contributed by atoms with Gasteiger partial charge in [0.05, 0.1) is 6.20 Å². The molecule has 0 fully saturated rings. The minimum Gasteiger partial charge on any atom is -0.396 e. The Hall–Kier alpha value is -1.75. The largest absolute Gasteiger partial charge is 0.396 e. The first-order valence-electron chi connectivity index (χ1n) is 5.28. The number of rotatable bonds is 4. The van der Waals surface area contributed by atoms with Gasteiger partial charge in [0, 0.05) is 37.3 Å². The first-order chi connectivity index (χ1) is 7.85. The van der Waals surface area contributed by atoms with Gasteiger partial charge in [-0.05, 0) is 13.3 Å². The van der Waals surface area contributed by atoms with E-state index in [1.807, 2.05) is 17.8 Å². The van der Waals surface area contributed by atoms with E-state index in [1.54, 1.807) is 18.6 Å². The van der Waals surface area contributed by atoms with Crippen molar-refractivity contribution in [2.45, 2.75) is 19.9 Å². The van der Waals surface area contributed by atoms with E-state index in [4.69, 9.17) is 5.11 Å². The highest BCUT2D eigenvalue weighted by atomic mass is 16.2. The molecule has 84 valence electrons. The van der Waals surface area contributed by atoms with E-state index >= 15 is 0 Å². The summed E-state index contributed by atoms with van der Waals surface area (Å²) < 4.78 is 1.84. The summed E-state index contributed by atoms with van der Waals surface area (Å²) in [4.78, 5) is 8.24. The summed E-state index contributed by atoms with van der Waals surface area (Å²) in [6.07, 6.45) is 7.49. The highest BCUT2D eigenvalue weighted by molar-refractivity contribution is 5.57. The Labute approximate surface area is 93.8 Å². The zero-order valence-electron chi connectivity index (χ0n) is 9.17. The molecule has 5 nitrogen and oxygen atoms in total. The van der Waals surface area contributed by atoms with Gasteiger partial charge in [-0.15, -0.1) is 0 Å².